The molecule has 85 heavy (non-hydrogen) atoms. The summed E-state index contributed by atoms with van der Waals surface area (Å²) in [4.78, 5) is 33.8. The van der Waals surface area contributed by atoms with Crippen LogP contribution >= 0.6 is 0 Å². The van der Waals surface area contributed by atoms with E-state index in [4.69, 9.17) is 0 Å². The lowest BCUT2D eigenvalue weighted by Gasteiger charge is -2.26. The number of carbonyl (C=O) groups is 3. The van der Waals surface area contributed by atoms with E-state index < -0.39 is 106 Å². The van der Waals surface area contributed by atoms with E-state index in [1.807, 2.05) is 24.3 Å². The van der Waals surface area contributed by atoms with Gasteiger partial charge in [-0.3, -0.25) is 14.4 Å². The molecule has 0 saturated carbocycles. The molecule has 0 radical (unpaired) electrons. The molecule has 0 spiro atoms. The lowest BCUT2D eigenvalue weighted by molar-refractivity contribution is -0.138. The minimum atomic E-state index is -4.02. The molecular formula is C61H53F6N3O12S3. The maximum absolute atomic E-state index is 14.8. The summed E-state index contributed by atoms with van der Waals surface area (Å²) >= 11 is 0. The van der Waals surface area contributed by atoms with Gasteiger partial charge in [-0.15, -0.1) is 0 Å². The fourth-order valence-electron chi connectivity index (χ4n) is 11.9. The Morgan fingerprint density at radius 1 is 0.494 bits per heavy atom. The summed E-state index contributed by atoms with van der Waals surface area (Å²) in [6.45, 7) is 4.29. The average Bonchev–Trinajstić information content (AvgIpc) is 1.51. The molecule has 15 nitrogen and oxygen atoms in total. The minimum Gasteiger partial charge on any atom is -0.480 e. The highest BCUT2D eigenvalue weighted by molar-refractivity contribution is 7.92. The molecule has 0 aliphatic carbocycles. The second-order valence-electron chi connectivity index (χ2n) is 21.3. The largest absolute Gasteiger partial charge is 0.480 e. The summed E-state index contributed by atoms with van der Waals surface area (Å²) in [5.41, 5.74) is 7.65. The Bertz CT molecular complexity index is 4660. The van der Waals surface area contributed by atoms with Gasteiger partial charge >= 0.3 is 17.9 Å². The summed E-state index contributed by atoms with van der Waals surface area (Å²) in [7, 11) is -10.6. The lowest BCUT2D eigenvalue weighted by atomic mass is 9.97. The highest BCUT2D eigenvalue weighted by Crippen LogP contribution is 2.43. The van der Waals surface area contributed by atoms with Crippen molar-refractivity contribution in [1.82, 2.24) is 13.7 Å². The molecule has 0 bridgehead atoms. The Labute approximate surface area is 483 Å². The topological polar surface area (TPSA) is 229 Å². The van der Waals surface area contributed by atoms with E-state index in [9.17, 15) is 81.3 Å². The van der Waals surface area contributed by atoms with Crippen LogP contribution in [0.1, 0.15) is 73.6 Å². The standard InChI is InChI=1S/C21H17F4NO4S.2C20H18FNO4S/c1-11-14(15-8-13(22)2-3-18(15)26(11)10-20(27)28)6-12-7-16-19(9-17(12)23)31(29,30)5-4-21(16,24)25;1-12-16(8-13-2-3-14-6-7-27(25,26)19(14)9-13)17-10-15(21)4-5-18(17)22(12)11-20(23)24;1-12-16(9-14-4-2-3-13-7-8-27(25,26)20(13)14)17-10-15(21)5-6-18(17)22(12)11-19(23)24/h2-3,7-9H,4-6,10H2,1H3,(H,27,28);2-5,9-10H,6-8,11H2,1H3,(H,23,24);2-6,10H,7-9,11H2,1H3,(H,23,24). The molecule has 0 saturated heterocycles. The fourth-order valence-corrected chi connectivity index (χ4v) is 16.9. The minimum absolute atomic E-state index is 0.105. The summed E-state index contributed by atoms with van der Waals surface area (Å²) in [6, 6.07) is 24.6. The number of aliphatic carboxylic acids is 3. The van der Waals surface area contributed by atoms with Gasteiger partial charge in [0.15, 0.2) is 29.5 Å². The number of aromatic nitrogens is 3. The summed E-state index contributed by atoms with van der Waals surface area (Å²) in [5.74, 6) is -9.45. The number of halogens is 6. The first-order chi connectivity index (χ1) is 39.9. The molecule has 444 valence electrons. The first kappa shape index (κ1) is 59.9. The van der Waals surface area contributed by atoms with Crippen molar-refractivity contribution >= 4 is 80.1 Å². The number of aryl methyl sites for hydroxylation is 2. The Kier molecular flexibility index (Phi) is 15.7. The van der Waals surface area contributed by atoms with Crippen molar-refractivity contribution in [1.29, 1.82) is 0 Å². The molecule has 0 fully saturated rings. The van der Waals surface area contributed by atoms with E-state index in [0.29, 0.717) is 96.8 Å². The maximum atomic E-state index is 14.8. The van der Waals surface area contributed by atoms with Crippen LogP contribution in [0.3, 0.4) is 0 Å². The number of rotatable bonds is 12. The zero-order chi connectivity index (χ0) is 61.4. The van der Waals surface area contributed by atoms with Crippen LogP contribution in [-0.2, 0) is 102 Å². The average molecular weight is 1230 g/mol. The van der Waals surface area contributed by atoms with Crippen molar-refractivity contribution in [2.45, 2.75) is 99.5 Å². The van der Waals surface area contributed by atoms with Gasteiger partial charge in [-0.05, 0) is 157 Å². The van der Waals surface area contributed by atoms with Crippen molar-refractivity contribution in [2.75, 3.05) is 17.3 Å². The van der Waals surface area contributed by atoms with Crippen LogP contribution in [0.2, 0.25) is 0 Å². The molecule has 0 atom stereocenters. The molecule has 3 aliphatic heterocycles. The highest BCUT2D eigenvalue weighted by Gasteiger charge is 2.44. The molecular weight excluding hydrogens is 1180 g/mol. The third kappa shape index (κ3) is 11.6. The predicted molar refractivity (Wildman–Crippen MR) is 303 cm³/mol. The number of hydrogen-bond donors (Lipinski definition) is 3. The molecule has 9 aromatic rings. The molecule has 0 amide bonds. The Balaban J connectivity index is 0.000000142. The Morgan fingerprint density at radius 3 is 1.44 bits per heavy atom. The van der Waals surface area contributed by atoms with Crippen LogP contribution in [0.5, 0.6) is 0 Å². The first-order valence-electron chi connectivity index (χ1n) is 26.5. The van der Waals surface area contributed by atoms with Crippen LogP contribution in [-0.4, -0.2) is 89.4 Å². The SMILES string of the molecule is Cc1c(Cc2cc3c(cc2F)S(=O)(=O)CCC3(F)F)c2cc(F)ccc2n1CC(=O)O.Cc1c(Cc2ccc3c(c2)S(=O)(=O)CC3)c2cc(F)ccc2n1CC(=O)O.Cc1c(Cc2cccc3c2S(=O)(=O)CC3)c2cc(F)ccc2n1CC(=O)O. The zero-order valence-electron chi connectivity index (χ0n) is 45.7. The second-order valence-corrected chi connectivity index (χ2v) is 27.5. The van der Waals surface area contributed by atoms with E-state index in [-0.39, 0.29) is 36.6 Å². The zero-order valence-corrected chi connectivity index (χ0v) is 48.1. The van der Waals surface area contributed by atoms with E-state index in [2.05, 4.69) is 0 Å². The van der Waals surface area contributed by atoms with Gasteiger partial charge in [-0.1, -0.05) is 30.3 Å². The van der Waals surface area contributed by atoms with Gasteiger partial charge in [0.05, 0.1) is 31.9 Å². The molecule has 0 unspecified atom stereocenters. The summed E-state index contributed by atoms with van der Waals surface area (Å²) < 4.78 is 164. The highest BCUT2D eigenvalue weighted by atomic mass is 32.2. The van der Waals surface area contributed by atoms with Gasteiger partial charge in [-0.2, -0.15) is 0 Å². The number of hydrogen-bond acceptors (Lipinski definition) is 9. The van der Waals surface area contributed by atoms with Gasteiger partial charge in [0.2, 0.25) is 0 Å². The third-order valence-corrected chi connectivity index (χ3v) is 21.5. The predicted octanol–water partition coefficient (Wildman–Crippen LogP) is 10.4. The number of nitrogens with zero attached hydrogens (tertiary/aromatic N) is 3. The normalized spacial score (nSPS) is 15.8. The van der Waals surface area contributed by atoms with Crippen molar-refractivity contribution in [2.24, 2.45) is 0 Å². The Hall–Kier alpha value is -8.22. The first-order valence-corrected chi connectivity index (χ1v) is 31.5. The van der Waals surface area contributed by atoms with Crippen molar-refractivity contribution in [3.05, 3.63) is 194 Å². The molecule has 12 rings (SSSR count). The smallest absolute Gasteiger partial charge is 0.323 e. The summed E-state index contributed by atoms with van der Waals surface area (Å²) in [6.07, 6.45) is 0.602. The van der Waals surface area contributed by atoms with E-state index >= 15 is 0 Å². The van der Waals surface area contributed by atoms with Crippen LogP contribution in [0.25, 0.3) is 32.7 Å². The molecule has 6 heterocycles. The number of carboxylic acids is 3. The number of alkyl halides is 2. The fraction of sp³-hybridized carbons (Fsp3) is 0.262. The molecule has 24 heteroatoms. The van der Waals surface area contributed by atoms with Crippen molar-refractivity contribution < 1.29 is 81.3 Å². The summed E-state index contributed by atoms with van der Waals surface area (Å²) in [5, 5.41) is 29.2. The van der Waals surface area contributed by atoms with Gasteiger partial charge in [0, 0.05) is 74.6 Å². The maximum Gasteiger partial charge on any atom is 0.323 e. The molecule has 3 aromatic heterocycles. The number of benzene rings is 6. The third-order valence-electron chi connectivity index (χ3n) is 16.0. The molecule has 3 aliphatic rings. The lowest BCUT2D eigenvalue weighted by Crippen LogP contribution is -2.28. The van der Waals surface area contributed by atoms with Gasteiger partial charge in [0.1, 0.15) is 42.9 Å². The van der Waals surface area contributed by atoms with Crippen LogP contribution in [0, 0.1) is 44.0 Å². The van der Waals surface area contributed by atoms with Crippen molar-refractivity contribution in [3.63, 3.8) is 0 Å². The van der Waals surface area contributed by atoms with E-state index in [0.717, 1.165) is 45.6 Å². The van der Waals surface area contributed by atoms with Crippen LogP contribution < -0.4 is 0 Å². The van der Waals surface area contributed by atoms with Crippen LogP contribution in [0.15, 0.2) is 118 Å². The molecule has 6 aromatic carbocycles. The van der Waals surface area contributed by atoms with Crippen molar-refractivity contribution in [3.8, 4) is 0 Å². The molecule has 3 N–H and O–H groups in total. The number of fused-ring (bicyclic) bond motifs is 6. The Morgan fingerprint density at radius 2 is 0.941 bits per heavy atom. The number of sulfone groups is 3. The van der Waals surface area contributed by atoms with E-state index in [1.165, 1.54) is 41.0 Å². The quantitative estimate of drug-likeness (QED) is 0.0971. The van der Waals surface area contributed by atoms with Gasteiger partial charge in [0.25, 0.3) is 5.92 Å². The van der Waals surface area contributed by atoms with Crippen LogP contribution in [0.4, 0.5) is 26.3 Å². The van der Waals surface area contributed by atoms with Gasteiger partial charge < -0.3 is 29.0 Å². The monoisotopic (exact) mass is 1230 g/mol. The van der Waals surface area contributed by atoms with E-state index in [1.54, 1.807) is 54.2 Å². The number of carboxylic acid groups (broad SMARTS) is 3. The second kappa shape index (κ2) is 22.3. The van der Waals surface area contributed by atoms with Gasteiger partial charge in [-0.25, -0.2) is 51.6 Å².